The van der Waals surface area contributed by atoms with Gasteiger partial charge in [-0.05, 0) is 62.0 Å². The molecule has 2 aliphatic rings. The monoisotopic (exact) mass is 448 g/mol. The van der Waals surface area contributed by atoms with Crippen LogP contribution in [-0.4, -0.2) is 70.6 Å². The number of fused-ring (bicyclic) bond motifs is 1. The SMILES string of the molecule is CCOC(=O)C(CCc1ccccc1)N[C@@H](C)C(=O)N1CC2CSCC2CC1C(=O)O. The predicted octanol–water partition coefficient (Wildman–Crippen LogP) is 2.19. The number of ether oxygens (including phenoxy) is 1. The minimum Gasteiger partial charge on any atom is -0.480 e. The van der Waals surface area contributed by atoms with E-state index in [9.17, 15) is 19.5 Å². The number of carbonyl (C=O) groups is 3. The van der Waals surface area contributed by atoms with Crippen LogP contribution in [0, 0.1) is 11.8 Å². The van der Waals surface area contributed by atoms with Crippen LogP contribution in [-0.2, 0) is 25.5 Å². The van der Waals surface area contributed by atoms with E-state index in [1.807, 2.05) is 42.1 Å². The van der Waals surface area contributed by atoms with Gasteiger partial charge in [0, 0.05) is 6.54 Å². The van der Waals surface area contributed by atoms with E-state index in [-0.39, 0.29) is 12.5 Å². The van der Waals surface area contributed by atoms with Gasteiger partial charge in [0.1, 0.15) is 12.1 Å². The number of piperidine rings is 1. The fraction of sp³-hybridized carbons (Fsp3) is 0.609. The van der Waals surface area contributed by atoms with Crippen molar-refractivity contribution < 1.29 is 24.2 Å². The Morgan fingerprint density at radius 2 is 1.94 bits per heavy atom. The van der Waals surface area contributed by atoms with Gasteiger partial charge < -0.3 is 14.7 Å². The fourth-order valence-electron chi connectivity index (χ4n) is 4.47. The van der Waals surface area contributed by atoms with Crippen molar-refractivity contribution in [3.63, 3.8) is 0 Å². The normalized spacial score (nSPS) is 24.8. The highest BCUT2D eigenvalue weighted by Crippen LogP contribution is 2.38. The maximum absolute atomic E-state index is 13.2. The number of aryl methyl sites for hydroxylation is 1. The largest absolute Gasteiger partial charge is 0.480 e. The van der Waals surface area contributed by atoms with Crippen LogP contribution in [0.5, 0.6) is 0 Å². The number of aliphatic carboxylic acids is 1. The Bertz CT molecular complexity index is 774. The molecule has 0 spiro atoms. The molecular formula is C23H32N2O5S. The van der Waals surface area contributed by atoms with Gasteiger partial charge in [0.15, 0.2) is 0 Å². The van der Waals surface area contributed by atoms with Gasteiger partial charge in [-0.2, -0.15) is 11.8 Å². The molecular weight excluding hydrogens is 416 g/mol. The van der Waals surface area contributed by atoms with Crippen LogP contribution < -0.4 is 5.32 Å². The van der Waals surface area contributed by atoms with Crippen LogP contribution >= 0.6 is 11.8 Å². The van der Waals surface area contributed by atoms with Crippen LogP contribution in [0.15, 0.2) is 30.3 Å². The summed E-state index contributed by atoms with van der Waals surface area (Å²) in [5.41, 5.74) is 1.10. The molecule has 4 unspecified atom stereocenters. The second kappa shape index (κ2) is 11.0. The molecule has 8 heteroatoms. The highest BCUT2D eigenvalue weighted by Gasteiger charge is 2.44. The van der Waals surface area contributed by atoms with E-state index >= 15 is 0 Å². The smallest absolute Gasteiger partial charge is 0.326 e. The Labute approximate surface area is 187 Å². The molecule has 1 aromatic carbocycles. The first-order valence-electron chi connectivity index (χ1n) is 11.0. The van der Waals surface area contributed by atoms with Crippen LogP contribution in [0.3, 0.4) is 0 Å². The first-order valence-corrected chi connectivity index (χ1v) is 12.1. The molecule has 2 fully saturated rings. The summed E-state index contributed by atoms with van der Waals surface area (Å²) in [6.07, 6.45) is 1.66. The number of rotatable bonds is 9. The molecule has 5 atom stereocenters. The predicted molar refractivity (Wildman–Crippen MR) is 120 cm³/mol. The Kier molecular flexibility index (Phi) is 8.37. The van der Waals surface area contributed by atoms with Crippen molar-refractivity contribution >= 4 is 29.6 Å². The Hall–Kier alpha value is -2.06. The molecule has 1 aromatic rings. The van der Waals surface area contributed by atoms with E-state index in [1.165, 1.54) is 4.90 Å². The summed E-state index contributed by atoms with van der Waals surface area (Å²) in [6.45, 7) is 4.18. The van der Waals surface area contributed by atoms with Gasteiger partial charge in [0.25, 0.3) is 0 Å². The van der Waals surface area contributed by atoms with Crippen molar-refractivity contribution in [2.45, 2.75) is 51.2 Å². The number of nitrogens with one attached hydrogen (secondary N) is 1. The number of amides is 1. The van der Waals surface area contributed by atoms with Crippen molar-refractivity contribution in [3.8, 4) is 0 Å². The highest BCUT2D eigenvalue weighted by atomic mass is 32.2. The number of carboxylic acids is 1. The molecule has 1 amide bonds. The topological polar surface area (TPSA) is 95.9 Å². The third kappa shape index (κ3) is 6.01. The lowest BCUT2D eigenvalue weighted by molar-refractivity contribution is -0.155. The van der Waals surface area contributed by atoms with E-state index in [2.05, 4.69) is 5.32 Å². The molecule has 7 nitrogen and oxygen atoms in total. The molecule has 31 heavy (non-hydrogen) atoms. The molecule has 3 rings (SSSR count). The zero-order valence-corrected chi connectivity index (χ0v) is 19.0. The third-order valence-electron chi connectivity index (χ3n) is 6.19. The molecule has 170 valence electrons. The Morgan fingerprint density at radius 1 is 1.23 bits per heavy atom. The lowest BCUT2D eigenvalue weighted by Gasteiger charge is -2.40. The van der Waals surface area contributed by atoms with Gasteiger partial charge in [-0.3, -0.25) is 14.9 Å². The van der Waals surface area contributed by atoms with Crippen LogP contribution in [0.4, 0.5) is 0 Å². The number of nitrogens with zero attached hydrogens (tertiary/aromatic N) is 1. The minimum atomic E-state index is -0.957. The van der Waals surface area contributed by atoms with Crippen molar-refractivity contribution in [2.75, 3.05) is 24.7 Å². The molecule has 0 aromatic heterocycles. The molecule has 2 N–H and O–H groups in total. The summed E-state index contributed by atoms with van der Waals surface area (Å²) < 4.78 is 5.21. The molecule has 0 aliphatic carbocycles. The van der Waals surface area contributed by atoms with Gasteiger partial charge >= 0.3 is 11.9 Å². The van der Waals surface area contributed by atoms with E-state index < -0.39 is 30.1 Å². The maximum atomic E-state index is 13.2. The van der Waals surface area contributed by atoms with E-state index in [0.717, 1.165) is 17.1 Å². The number of thioether (sulfide) groups is 1. The summed E-state index contributed by atoms with van der Waals surface area (Å²) in [7, 11) is 0. The lowest BCUT2D eigenvalue weighted by Crippen LogP contribution is -2.59. The number of likely N-dealkylation sites (tertiary alicyclic amines) is 1. The lowest BCUT2D eigenvalue weighted by atomic mass is 9.84. The Balaban J connectivity index is 1.67. The van der Waals surface area contributed by atoms with Crippen molar-refractivity contribution in [1.29, 1.82) is 0 Å². The molecule has 0 saturated carbocycles. The first kappa shape index (κ1) is 23.6. The van der Waals surface area contributed by atoms with Crippen molar-refractivity contribution in [3.05, 3.63) is 35.9 Å². The van der Waals surface area contributed by atoms with Gasteiger partial charge in [-0.15, -0.1) is 0 Å². The fourth-order valence-corrected chi connectivity index (χ4v) is 5.99. The van der Waals surface area contributed by atoms with Gasteiger partial charge in [0.05, 0.1) is 12.6 Å². The van der Waals surface area contributed by atoms with E-state index in [1.54, 1.807) is 13.8 Å². The second-order valence-electron chi connectivity index (χ2n) is 8.36. The van der Waals surface area contributed by atoms with Crippen LogP contribution in [0.25, 0.3) is 0 Å². The molecule has 0 radical (unpaired) electrons. The number of hydrogen-bond acceptors (Lipinski definition) is 6. The number of esters is 1. The number of benzene rings is 1. The van der Waals surface area contributed by atoms with E-state index in [0.29, 0.717) is 37.6 Å². The molecule has 0 bridgehead atoms. The summed E-state index contributed by atoms with van der Waals surface area (Å²) in [4.78, 5) is 39.1. The molecule has 2 heterocycles. The summed E-state index contributed by atoms with van der Waals surface area (Å²) in [5.74, 6) is 1.02. The second-order valence-corrected chi connectivity index (χ2v) is 9.43. The average Bonchev–Trinajstić information content (AvgIpc) is 3.23. The number of carboxylic acid groups (broad SMARTS) is 1. The summed E-state index contributed by atoms with van der Waals surface area (Å²) >= 11 is 1.83. The van der Waals surface area contributed by atoms with Crippen molar-refractivity contribution in [1.82, 2.24) is 10.2 Å². The van der Waals surface area contributed by atoms with Crippen molar-refractivity contribution in [2.24, 2.45) is 11.8 Å². The summed E-state index contributed by atoms with van der Waals surface area (Å²) in [6, 6.07) is 7.71. The highest BCUT2D eigenvalue weighted by molar-refractivity contribution is 7.99. The van der Waals surface area contributed by atoms with Crippen LogP contribution in [0.1, 0.15) is 32.3 Å². The number of hydrogen-bond donors (Lipinski definition) is 2. The maximum Gasteiger partial charge on any atom is 0.326 e. The number of carbonyl (C=O) groups excluding carboxylic acids is 2. The quantitative estimate of drug-likeness (QED) is 0.559. The van der Waals surface area contributed by atoms with Gasteiger partial charge in [-0.25, -0.2) is 4.79 Å². The zero-order chi connectivity index (χ0) is 22.4. The average molecular weight is 449 g/mol. The van der Waals surface area contributed by atoms with Crippen LogP contribution in [0.2, 0.25) is 0 Å². The van der Waals surface area contributed by atoms with E-state index in [4.69, 9.17) is 4.74 Å². The Morgan fingerprint density at radius 3 is 2.61 bits per heavy atom. The standard InChI is InChI=1S/C23H32N2O5S/c1-3-30-23(29)19(10-9-16-7-5-4-6-8-16)24-15(2)21(26)25-12-18-14-31-13-17(18)11-20(25)22(27)28/h4-8,15,17-20,24H,3,9-14H2,1-2H3,(H,27,28)/t15-,17?,18?,19?,20?/m0/s1. The minimum absolute atomic E-state index is 0.263. The zero-order valence-electron chi connectivity index (χ0n) is 18.2. The molecule has 2 saturated heterocycles. The van der Waals surface area contributed by atoms with Gasteiger partial charge in [-0.1, -0.05) is 30.3 Å². The summed E-state index contributed by atoms with van der Waals surface area (Å²) in [5, 5.41) is 12.8. The third-order valence-corrected chi connectivity index (χ3v) is 7.52. The molecule has 2 aliphatic heterocycles. The first-order chi connectivity index (χ1) is 14.9. The van der Waals surface area contributed by atoms with Gasteiger partial charge in [0.2, 0.25) is 5.91 Å².